The lowest BCUT2D eigenvalue weighted by Gasteiger charge is -1.93. The predicted octanol–water partition coefficient (Wildman–Crippen LogP) is 2.84. The Morgan fingerprint density at radius 1 is 1.53 bits per heavy atom. The molecule has 15 heavy (non-hydrogen) atoms. The molecule has 0 aliphatic rings. The molecule has 5 heteroatoms. The van der Waals surface area contributed by atoms with Crippen LogP contribution < -0.4 is 0 Å². The van der Waals surface area contributed by atoms with Gasteiger partial charge in [0.1, 0.15) is 11.5 Å². The minimum absolute atomic E-state index is 0.684. The maximum Gasteiger partial charge on any atom is 0.147 e. The van der Waals surface area contributed by atoms with Gasteiger partial charge in [0, 0.05) is 24.4 Å². The van der Waals surface area contributed by atoms with Gasteiger partial charge in [-0.05, 0) is 6.42 Å². The highest BCUT2D eigenvalue weighted by Crippen LogP contribution is 2.19. The first-order chi connectivity index (χ1) is 7.33. The zero-order valence-corrected chi connectivity index (χ0v) is 10.1. The molecular weight excluding hydrogens is 258 g/mol. The van der Waals surface area contributed by atoms with E-state index >= 15 is 0 Å². The predicted molar refractivity (Wildman–Crippen MR) is 60.6 cm³/mol. The topological polar surface area (TPSA) is 43.9 Å². The van der Waals surface area contributed by atoms with Crippen LogP contribution in [0.5, 0.6) is 0 Å². The van der Waals surface area contributed by atoms with E-state index < -0.39 is 0 Å². The fourth-order valence-electron chi connectivity index (χ4n) is 1.36. The molecule has 4 nitrogen and oxygen atoms in total. The summed E-state index contributed by atoms with van der Waals surface area (Å²) in [4.78, 5) is 0. The Balaban J connectivity index is 2.21. The minimum Gasteiger partial charge on any atom is -0.360 e. The molecule has 0 aliphatic carbocycles. The molecule has 2 heterocycles. The fourth-order valence-corrected chi connectivity index (χ4v) is 1.62. The van der Waals surface area contributed by atoms with E-state index in [0.29, 0.717) is 5.33 Å². The van der Waals surface area contributed by atoms with Crippen molar-refractivity contribution < 1.29 is 4.52 Å². The number of aryl methyl sites for hydroxylation is 1. The van der Waals surface area contributed by atoms with Crippen LogP contribution >= 0.6 is 15.9 Å². The van der Waals surface area contributed by atoms with E-state index in [1.165, 1.54) is 0 Å². The third-order valence-corrected chi connectivity index (χ3v) is 2.63. The number of aromatic nitrogens is 3. The Hall–Kier alpha value is -1.10. The molecule has 0 saturated heterocycles. The van der Waals surface area contributed by atoms with Crippen molar-refractivity contribution in [2.75, 3.05) is 0 Å². The summed E-state index contributed by atoms with van der Waals surface area (Å²) in [5.41, 5.74) is 1.84. The van der Waals surface area contributed by atoms with Crippen LogP contribution in [0, 0.1) is 0 Å². The summed E-state index contributed by atoms with van der Waals surface area (Å²) in [6.07, 6.45) is 4.87. The molecule has 0 bridgehead atoms. The van der Waals surface area contributed by atoms with E-state index in [1.807, 2.05) is 23.1 Å². The monoisotopic (exact) mass is 269 g/mol. The number of hydrogen-bond donors (Lipinski definition) is 0. The lowest BCUT2D eigenvalue weighted by Crippen LogP contribution is -1.95. The number of alkyl halides is 1. The van der Waals surface area contributed by atoms with Crippen LogP contribution in [0.2, 0.25) is 0 Å². The summed E-state index contributed by atoms with van der Waals surface area (Å²) >= 11 is 3.32. The lowest BCUT2D eigenvalue weighted by atomic mass is 10.2. The molecule has 0 atom stereocenters. The van der Waals surface area contributed by atoms with Gasteiger partial charge in [-0.25, -0.2) is 0 Å². The van der Waals surface area contributed by atoms with Crippen molar-refractivity contribution in [3.63, 3.8) is 0 Å². The largest absolute Gasteiger partial charge is 0.360 e. The quantitative estimate of drug-likeness (QED) is 0.802. The molecule has 0 saturated carbocycles. The van der Waals surface area contributed by atoms with Gasteiger partial charge in [-0.1, -0.05) is 28.0 Å². The molecule has 0 fully saturated rings. The average Bonchev–Trinajstić information content (AvgIpc) is 2.85. The van der Waals surface area contributed by atoms with Gasteiger partial charge in [-0.3, -0.25) is 4.68 Å². The van der Waals surface area contributed by atoms with Crippen LogP contribution in [0.4, 0.5) is 0 Å². The first-order valence-corrected chi connectivity index (χ1v) is 6.00. The van der Waals surface area contributed by atoms with Crippen molar-refractivity contribution >= 4 is 15.9 Å². The summed E-state index contributed by atoms with van der Waals surface area (Å²) in [6, 6.07) is 1.92. The van der Waals surface area contributed by atoms with Crippen LogP contribution in [0.1, 0.15) is 19.1 Å². The second-order valence-electron chi connectivity index (χ2n) is 3.30. The van der Waals surface area contributed by atoms with Crippen LogP contribution in [0.15, 0.2) is 23.0 Å². The number of nitrogens with zero attached hydrogens (tertiary/aromatic N) is 3. The SMILES string of the molecule is CCCn1cc(-c2cc(CBr)on2)cn1. The Bertz CT molecular complexity index is 435. The van der Waals surface area contributed by atoms with E-state index in [4.69, 9.17) is 4.52 Å². The van der Waals surface area contributed by atoms with Gasteiger partial charge in [-0.15, -0.1) is 0 Å². The Kier molecular flexibility index (Phi) is 3.20. The zero-order chi connectivity index (χ0) is 10.7. The molecule has 2 aromatic heterocycles. The molecule has 2 aromatic rings. The third kappa shape index (κ3) is 2.28. The van der Waals surface area contributed by atoms with Crippen molar-refractivity contribution in [1.82, 2.24) is 14.9 Å². The van der Waals surface area contributed by atoms with E-state index in [9.17, 15) is 0 Å². The Morgan fingerprint density at radius 3 is 3.07 bits per heavy atom. The summed E-state index contributed by atoms with van der Waals surface area (Å²) < 4.78 is 7.02. The summed E-state index contributed by atoms with van der Waals surface area (Å²) in [6.45, 7) is 3.06. The standard InChI is InChI=1S/C10H12BrN3O/c1-2-3-14-7-8(6-12-14)10-4-9(5-11)15-13-10/h4,6-7H,2-3,5H2,1H3. The number of halogens is 1. The van der Waals surface area contributed by atoms with Gasteiger partial charge >= 0.3 is 0 Å². The number of hydrogen-bond acceptors (Lipinski definition) is 3. The van der Waals surface area contributed by atoms with Gasteiger partial charge < -0.3 is 4.52 Å². The average molecular weight is 270 g/mol. The molecule has 0 radical (unpaired) electrons. The van der Waals surface area contributed by atoms with Crippen LogP contribution in [0.3, 0.4) is 0 Å². The highest BCUT2D eigenvalue weighted by molar-refractivity contribution is 9.08. The van der Waals surface area contributed by atoms with Crippen molar-refractivity contribution in [2.24, 2.45) is 0 Å². The van der Waals surface area contributed by atoms with Crippen molar-refractivity contribution in [3.05, 3.63) is 24.2 Å². The molecule has 0 aliphatic heterocycles. The normalized spacial score (nSPS) is 10.8. The van der Waals surface area contributed by atoms with Crippen LogP contribution in [-0.4, -0.2) is 14.9 Å². The highest BCUT2D eigenvalue weighted by atomic mass is 79.9. The van der Waals surface area contributed by atoms with Crippen molar-refractivity contribution in [2.45, 2.75) is 25.2 Å². The molecule has 80 valence electrons. The number of rotatable bonds is 4. The third-order valence-electron chi connectivity index (χ3n) is 2.07. The summed E-state index contributed by atoms with van der Waals surface area (Å²) in [5, 5.41) is 8.90. The van der Waals surface area contributed by atoms with Gasteiger partial charge in [-0.2, -0.15) is 5.10 Å². The van der Waals surface area contributed by atoms with Gasteiger partial charge in [0.25, 0.3) is 0 Å². The smallest absolute Gasteiger partial charge is 0.147 e. The van der Waals surface area contributed by atoms with Gasteiger partial charge in [0.05, 0.1) is 11.5 Å². The fraction of sp³-hybridized carbons (Fsp3) is 0.400. The molecule has 0 spiro atoms. The lowest BCUT2D eigenvalue weighted by molar-refractivity contribution is 0.398. The van der Waals surface area contributed by atoms with E-state index in [-0.39, 0.29) is 0 Å². The van der Waals surface area contributed by atoms with Gasteiger partial charge in [0.2, 0.25) is 0 Å². The second kappa shape index (κ2) is 4.61. The Morgan fingerprint density at radius 2 is 2.40 bits per heavy atom. The van der Waals surface area contributed by atoms with Gasteiger partial charge in [0.15, 0.2) is 0 Å². The minimum atomic E-state index is 0.684. The van der Waals surface area contributed by atoms with Crippen molar-refractivity contribution in [3.8, 4) is 11.3 Å². The highest BCUT2D eigenvalue weighted by Gasteiger charge is 2.07. The van der Waals surface area contributed by atoms with E-state index in [0.717, 1.165) is 30.0 Å². The maximum absolute atomic E-state index is 5.10. The van der Waals surface area contributed by atoms with E-state index in [2.05, 4.69) is 33.1 Å². The van der Waals surface area contributed by atoms with Crippen LogP contribution in [-0.2, 0) is 11.9 Å². The molecule has 0 aromatic carbocycles. The maximum atomic E-state index is 5.10. The summed E-state index contributed by atoms with van der Waals surface area (Å²) in [5.74, 6) is 0.827. The molecule has 0 unspecified atom stereocenters. The first kappa shape index (κ1) is 10.4. The zero-order valence-electron chi connectivity index (χ0n) is 8.48. The second-order valence-corrected chi connectivity index (χ2v) is 3.86. The van der Waals surface area contributed by atoms with Crippen molar-refractivity contribution in [1.29, 1.82) is 0 Å². The molecular formula is C10H12BrN3O. The summed E-state index contributed by atoms with van der Waals surface area (Å²) in [7, 11) is 0. The molecule has 0 N–H and O–H groups in total. The molecule has 0 amide bonds. The molecule has 2 rings (SSSR count). The first-order valence-electron chi connectivity index (χ1n) is 4.88. The van der Waals surface area contributed by atoms with E-state index in [1.54, 1.807) is 0 Å². The van der Waals surface area contributed by atoms with Crippen LogP contribution in [0.25, 0.3) is 11.3 Å². The Labute approximate surface area is 96.4 Å².